The molecule has 0 saturated carbocycles. The van der Waals surface area contributed by atoms with E-state index >= 15 is 0 Å². The molecule has 0 aromatic heterocycles. The smallest absolute Gasteiger partial charge is 0.336 e. The van der Waals surface area contributed by atoms with E-state index in [1.54, 1.807) is 12.1 Å². The Hall–Kier alpha value is -3.06. The summed E-state index contributed by atoms with van der Waals surface area (Å²) in [6.45, 7) is 0. The third-order valence-electron chi connectivity index (χ3n) is 2.71. The summed E-state index contributed by atoms with van der Waals surface area (Å²) in [5.74, 6) is 0.108. The second-order valence-corrected chi connectivity index (χ2v) is 4.14. The van der Waals surface area contributed by atoms with E-state index in [-0.39, 0.29) is 5.75 Å². The molecule has 0 radical (unpaired) electrons. The van der Waals surface area contributed by atoms with Crippen molar-refractivity contribution in [1.29, 1.82) is 5.26 Å². The molecule has 4 heteroatoms. The molecule has 21 heavy (non-hydrogen) atoms. The van der Waals surface area contributed by atoms with Gasteiger partial charge in [-0.05, 0) is 23.8 Å². The molecule has 4 nitrogen and oxygen atoms in total. The number of rotatable bonds is 4. The molecule has 2 aromatic carbocycles. The number of methoxy groups -OCH3 is 1. The van der Waals surface area contributed by atoms with Crippen LogP contribution in [0.2, 0.25) is 0 Å². The minimum atomic E-state index is -0.512. The van der Waals surface area contributed by atoms with Gasteiger partial charge >= 0.3 is 5.97 Å². The number of carbonyl (C=O) groups excluding carboxylic acids is 1. The molecule has 2 rings (SSSR count). The largest absolute Gasteiger partial charge is 0.493 e. The van der Waals surface area contributed by atoms with Gasteiger partial charge in [-0.25, -0.2) is 4.79 Å². The first-order valence-electron chi connectivity index (χ1n) is 6.26. The average Bonchev–Trinajstić information content (AvgIpc) is 2.54. The van der Waals surface area contributed by atoms with Gasteiger partial charge in [-0.15, -0.1) is 0 Å². The molecule has 0 N–H and O–H groups in total. The van der Waals surface area contributed by atoms with E-state index in [4.69, 9.17) is 14.7 Å². The summed E-state index contributed by atoms with van der Waals surface area (Å²) in [7, 11) is 1.45. The molecule has 0 unspecified atom stereocenters. The van der Waals surface area contributed by atoms with Crippen LogP contribution in [0.25, 0.3) is 6.08 Å². The molecule has 0 spiro atoms. The molecule has 0 atom stereocenters. The van der Waals surface area contributed by atoms with E-state index in [1.165, 1.54) is 25.3 Å². The van der Waals surface area contributed by atoms with Gasteiger partial charge in [0.25, 0.3) is 0 Å². The van der Waals surface area contributed by atoms with Gasteiger partial charge in [-0.3, -0.25) is 0 Å². The molecule has 0 amide bonds. The maximum absolute atomic E-state index is 11.8. The predicted molar refractivity (Wildman–Crippen MR) is 78.8 cm³/mol. The van der Waals surface area contributed by atoms with Gasteiger partial charge in [0.05, 0.1) is 18.7 Å². The molecule has 0 aliphatic carbocycles. The molecule has 2 aromatic rings. The lowest BCUT2D eigenvalue weighted by Gasteiger charge is -2.07. The van der Waals surface area contributed by atoms with Crippen molar-refractivity contribution in [3.05, 3.63) is 65.7 Å². The molecule has 0 heterocycles. The number of ether oxygens (including phenoxy) is 2. The Morgan fingerprint density at radius 3 is 2.57 bits per heavy atom. The molecule has 104 valence electrons. The first-order valence-corrected chi connectivity index (χ1v) is 6.26. The number of hydrogen-bond donors (Lipinski definition) is 0. The van der Waals surface area contributed by atoms with Crippen LogP contribution in [0.3, 0.4) is 0 Å². The highest BCUT2D eigenvalue weighted by Crippen LogP contribution is 2.28. The third-order valence-corrected chi connectivity index (χ3v) is 2.71. The summed E-state index contributed by atoms with van der Waals surface area (Å²) in [6, 6.07) is 16.0. The fourth-order valence-electron chi connectivity index (χ4n) is 1.69. The Kier molecular flexibility index (Phi) is 4.73. The SMILES string of the molecule is COc1cc(C#N)ccc1OC(=O)/C=C/c1ccccc1. The minimum absolute atomic E-state index is 0.277. The number of nitriles is 1. The third kappa shape index (κ3) is 3.95. The van der Waals surface area contributed by atoms with Gasteiger partial charge in [-0.1, -0.05) is 30.3 Å². The minimum Gasteiger partial charge on any atom is -0.493 e. The molecular weight excluding hydrogens is 266 g/mol. The second kappa shape index (κ2) is 6.92. The van der Waals surface area contributed by atoms with Crippen LogP contribution in [0, 0.1) is 11.3 Å². The number of esters is 1. The van der Waals surface area contributed by atoms with Gasteiger partial charge in [0.15, 0.2) is 11.5 Å². The van der Waals surface area contributed by atoms with E-state index in [0.29, 0.717) is 11.3 Å². The highest BCUT2D eigenvalue weighted by molar-refractivity contribution is 5.89. The Labute approximate surface area is 122 Å². The fraction of sp³-hybridized carbons (Fsp3) is 0.0588. The van der Waals surface area contributed by atoms with E-state index in [9.17, 15) is 4.79 Å². The first kappa shape index (κ1) is 14.4. The fourth-order valence-corrected chi connectivity index (χ4v) is 1.69. The van der Waals surface area contributed by atoms with Crippen LogP contribution in [0.1, 0.15) is 11.1 Å². The molecule has 0 aliphatic rings. The maximum Gasteiger partial charge on any atom is 0.336 e. The Morgan fingerprint density at radius 2 is 1.90 bits per heavy atom. The average molecular weight is 279 g/mol. The topological polar surface area (TPSA) is 59.3 Å². The van der Waals surface area contributed by atoms with Crippen molar-refractivity contribution in [3.8, 4) is 17.6 Å². The summed E-state index contributed by atoms with van der Waals surface area (Å²) in [6.07, 6.45) is 3.01. The lowest BCUT2D eigenvalue weighted by Crippen LogP contribution is -2.05. The van der Waals surface area contributed by atoms with Crippen molar-refractivity contribution in [2.45, 2.75) is 0 Å². The zero-order chi connectivity index (χ0) is 15.1. The number of benzene rings is 2. The molecule has 0 aliphatic heterocycles. The van der Waals surface area contributed by atoms with Gasteiger partial charge in [-0.2, -0.15) is 5.26 Å². The Balaban J connectivity index is 2.10. The van der Waals surface area contributed by atoms with Crippen molar-refractivity contribution >= 4 is 12.0 Å². The van der Waals surface area contributed by atoms with Crippen LogP contribution in [0.4, 0.5) is 0 Å². The summed E-state index contributed by atoms with van der Waals surface area (Å²) in [5, 5.41) is 8.82. The van der Waals surface area contributed by atoms with Crippen molar-refractivity contribution in [3.63, 3.8) is 0 Å². The Morgan fingerprint density at radius 1 is 1.14 bits per heavy atom. The van der Waals surface area contributed by atoms with E-state index < -0.39 is 5.97 Å². The van der Waals surface area contributed by atoms with E-state index in [0.717, 1.165) is 5.56 Å². The Bertz CT molecular complexity index is 700. The van der Waals surface area contributed by atoms with Crippen LogP contribution in [0.15, 0.2) is 54.6 Å². The van der Waals surface area contributed by atoms with Crippen molar-refractivity contribution in [2.24, 2.45) is 0 Å². The monoisotopic (exact) mass is 279 g/mol. The zero-order valence-corrected chi connectivity index (χ0v) is 11.4. The first-order chi connectivity index (χ1) is 10.2. The van der Waals surface area contributed by atoms with Crippen LogP contribution < -0.4 is 9.47 Å². The van der Waals surface area contributed by atoms with E-state index in [2.05, 4.69) is 0 Å². The molecule has 0 saturated heterocycles. The molecule has 0 fully saturated rings. The zero-order valence-electron chi connectivity index (χ0n) is 11.4. The lowest BCUT2D eigenvalue weighted by atomic mass is 10.2. The highest BCUT2D eigenvalue weighted by atomic mass is 16.6. The summed E-state index contributed by atoms with van der Waals surface area (Å²) in [5.41, 5.74) is 1.34. The molecule has 0 bridgehead atoms. The quantitative estimate of drug-likeness (QED) is 0.490. The van der Waals surface area contributed by atoms with Gasteiger partial charge in [0, 0.05) is 12.1 Å². The van der Waals surface area contributed by atoms with Crippen molar-refractivity contribution < 1.29 is 14.3 Å². The van der Waals surface area contributed by atoms with Crippen LogP contribution >= 0.6 is 0 Å². The van der Waals surface area contributed by atoms with Crippen LogP contribution in [-0.2, 0) is 4.79 Å². The van der Waals surface area contributed by atoms with E-state index in [1.807, 2.05) is 36.4 Å². The number of nitrogens with zero attached hydrogens (tertiary/aromatic N) is 1. The van der Waals surface area contributed by atoms with Gasteiger partial charge in [0.1, 0.15) is 0 Å². The standard InChI is InChI=1S/C17H13NO3/c1-20-16-11-14(12-18)7-9-15(16)21-17(19)10-8-13-5-3-2-4-6-13/h2-11H,1H3/b10-8+. The summed E-state index contributed by atoms with van der Waals surface area (Å²) in [4.78, 5) is 11.8. The second-order valence-electron chi connectivity index (χ2n) is 4.14. The number of carbonyl (C=O) groups is 1. The lowest BCUT2D eigenvalue weighted by molar-refractivity contribution is -0.129. The van der Waals surface area contributed by atoms with Crippen molar-refractivity contribution in [1.82, 2.24) is 0 Å². The maximum atomic E-state index is 11.8. The molecular formula is C17H13NO3. The summed E-state index contributed by atoms with van der Waals surface area (Å²) >= 11 is 0. The van der Waals surface area contributed by atoms with Gasteiger partial charge < -0.3 is 9.47 Å². The normalized spacial score (nSPS) is 10.1. The highest BCUT2D eigenvalue weighted by Gasteiger charge is 2.08. The van der Waals surface area contributed by atoms with Crippen molar-refractivity contribution in [2.75, 3.05) is 7.11 Å². The van der Waals surface area contributed by atoms with Crippen LogP contribution in [0.5, 0.6) is 11.5 Å². The summed E-state index contributed by atoms with van der Waals surface area (Å²) < 4.78 is 10.3. The van der Waals surface area contributed by atoms with Gasteiger partial charge in [0.2, 0.25) is 0 Å². The van der Waals surface area contributed by atoms with Crippen LogP contribution in [-0.4, -0.2) is 13.1 Å². The number of hydrogen-bond acceptors (Lipinski definition) is 4. The predicted octanol–water partition coefficient (Wildman–Crippen LogP) is 3.19.